The standard InChI is InChI=1S/C8H15ClN2O2S/c1-7(9)5-11-14(12,13)6-8-3-2-4-10-8/h8,10-11H,1-6H2. The van der Waals surface area contributed by atoms with Gasteiger partial charge in [0, 0.05) is 17.6 Å². The first kappa shape index (κ1) is 12.0. The fourth-order valence-electron chi connectivity index (χ4n) is 1.41. The van der Waals surface area contributed by atoms with E-state index in [-0.39, 0.29) is 18.3 Å². The zero-order valence-electron chi connectivity index (χ0n) is 7.92. The average Bonchev–Trinajstić information content (AvgIpc) is 2.53. The number of hydrogen-bond acceptors (Lipinski definition) is 3. The van der Waals surface area contributed by atoms with E-state index in [1.165, 1.54) is 0 Å². The Morgan fingerprint density at radius 1 is 1.64 bits per heavy atom. The third kappa shape index (κ3) is 4.41. The lowest BCUT2D eigenvalue weighted by Crippen LogP contribution is -2.36. The van der Waals surface area contributed by atoms with Crippen LogP contribution in [0.3, 0.4) is 0 Å². The lowest BCUT2D eigenvalue weighted by molar-refractivity contribution is 0.567. The summed E-state index contributed by atoms with van der Waals surface area (Å²) in [4.78, 5) is 0. The van der Waals surface area contributed by atoms with Gasteiger partial charge in [0.25, 0.3) is 0 Å². The van der Waals surface area contributed by atoms with Crippen LogP contribution in [0.25, 0.3) is 0 Å². The highest BCUT2D eigenvalue weighted by Crippen LogP contribution is 2.07. The summed E-state index contributed by atoms with van der Waals surface area (Å²) in [6.45, 7) is 4.43. The van der Waals surface area contributed by atoms with Gasteiger partial charge >= 0.3 is 0 Å². The first-order valence-electron chi connectivity index (χ1n) is 4.53. The summed E-state index contributed by atoms with van der Waals surface area (Å²) in [5, 5.41) is 3.42. The Hall–Kier alpha value is -0.100. The van der Waals surface area contributed by atoms with Gasteiger partial charge in [-0.3, -0.25) is 0 Å². The summed E-state index contributed by atoms with van der Waals surface area (Å²) in [7, 11) is -3.22. The Labute approximate surface area is 89.8 Å². The topological polar surface area (TPSA) is 58.2 Å². The van der Waals surface area contributed by atoms with Crippen LogP contribution in [0.2, 0.25) is 0 Å². The van der Waals surface area contributed by atoms with Gasteiger partial charge in [0.2, 0.25) is 10.0 Å². The number of nitrogens with one attached hydrogen (secondary N) is 2. The summed E-state index contributed by atoms with van der Waals surface area (Å²) in [5.74, 6) is 0.122. The molecule has 0 aliphatic carbocycles. The van der Waals surface area contributed by atoms with Gasteiger partial charge < -0.3 is 5.32 Å². The number of halogens is 1. The van der Waals surface area contributed by atoms with Crippen molar-refractivity contribution in [2.75, 3.05) is 18.8 Å². The summed E-state index contributed by atoms with van der Waals surface area (Å²) in [6, 6.07) is 0.0797. The van der Waals surface area contributed by atoms with Gasteiger partial charge in [-0.1, -0.05) is 18.2 Å². The molecule has 4 nitrogen and oxygen atoms in total. The van der Waals surface area contributed by atoms with Crippen LogP contribution in [0, 0.1) is 0 Å². The largest absolute Gasteiger partial charge is 0.313 e. The van der Waals surface area contributed by atoms with Gasteiger partial charge in [-0.25, -0.2) is 13.1 Å². The highest BCUT2D eigenvalue weighted by atomic mass is 35.5. The van der Waals surface area contributed by atoms with Crippen molar-refractivity contribution in [3.8, 4) is 0 Å². The molecule has 0 amide bonds. The van der Waals surface area contributed by atoms with Crippen LogP contribution in [0.4, 0.5) is 0 Å². The molecule has 1 saturated heterocycles. The molecule has 1 atom stereocenters. The van der Waals surface area contributed by atoms with Gasteiger partial charge in [-0.15, -0.1) is 0 Å². The van der Waals surface area contributed by atoms with Crippen molar-refractivity contribution in [3.05, 3.63) is 11.6 Å². The van der Waals surface area contributed by atoms with Crippen LogP contribution in [-0.4, -0.2) is 33.3 Å². The Morgan fingerprint density at radius 2 is 2.36 bits per heavy atom. The van der Waals surface area contributed by atoms with Gasteiger partial charge in [0.05, 0.1) is 5.75 Å². The van der Waals surface area contributed by atoms with Crippen molar-refractivity contribution in [1.29, 1.82) is 0 Å². The van der Waals surface area contributed by atoms with Crippen LogP contribution >= 0.6 is 11.6 Å². The van der Waals surface area contributed by atoms with E-state index < -0.39 is 10.0 Å². The smallest absolute Gasteiger partial charge is 0.213 e. The first-order valence-corrected chi connectivity index (χ1v) is 6.56. The van der Waals surface area contributed by atoms with Crippen LogP contribution in [0.1, 0.15) is 12.8 Å². The number of hydrogen-bond donors (Lipinski definition) is 2. The molecule has 1 fully saturated rings. The molecule has 1 rings (SSSR count). The van der Waals surface area contributed by atoms with E-state index in [4.69, 9.17) is 11.6 Å². The zero-order valence-corrected chi connectivity index (χ0v) is 9.50. The summed E-state index contributed by atoms with van der Waals surface area (Å²) >= 11 is 5.46. The minimum absolute atomic E-state index is 0.0797. The Balaban J connectivity index is 2.36. The monoisotopic (exact) mass is 238 g/mol. The molecule has 0 radical (unpaired) electrons. The summed E-state index contributed by atoms with van der Waals surface area (Å²) in [6.07, 6.45) is 1.96. The highest BCUT2D eigenvalue weighted by Gasteiger charge is 2.21. The van der Waals surface area contributed by atoms with Crippen molar-refractivity contribution in [2.24, 2.45) is 0 Å². The average molecular weight is 239 g/mol. The Morgan fingerprint density at radius 3 is 2.86 bits per heavy atom. The molecule has 1 unspecified atom stereocenters. The normalized spacial score (nSPS) is 22.5. The number of rotatable bonds is 5. The predicted molar refractivity (Wildman–Crippen MR) is 57.8 cm³/mol. The van der Waals surface area contributed by atoms with Crippen LogP contribution < -0.4 is 10.0 Å². The molecule has 1 heterocycles. The van der Waals surface area contributed by atoms with Gasteiger partial charge in [0.15, 0.2) is 0 Å². The molecule has 0 bridgehead atoms. The third-order valence-corrected chi connectivity index (χ3v) is 3.63. The van der Waals surface area contributed by atoms with Crippen molar-refractivity contribution >= 4 is 21.6 Å². The lowest BCUT2D eigenvalue weighted by Gasteiger charge is -2.11. The fraction of sp³-hybridized carbons (Fsp3) is 0.750. The van der Waals surface area contributed by atoms with E-state index >= 15 is 0 Å². The van der Waals surface area contributed by atoms with Crippen LogP contribution in [0.15, 0.2) is 11.6 Å². The van der Waals surface area contributed by atoms with E-state index in [0.717, 1.165) is 19.4 Å². The van der Waals surface area contributed by atoms with E-state index in [0.29, 0.717) is 5.03 Å². The molecular weight excluding hydrogens is 224 g/mol. The summed E-state index contributed by atoms with van der Waals surface area (Å²) < 4.78 is 25.3. The first-order chi connectivity index (χ1) is 6.49. The van der Waals surface area contributed by atoms with Crippen LogP contribution in [-0.2, 0) is 10.0 Å². The second-order valence-electron chi connectivity index (χ2n) is 3.41. The van der Waals surface area contributed by atoms with Gasteiger partial charge in [-0.05, 0) is 19.4 Å². The maximum absolute atomic E-state index is 11.4. The predicted octanol–water partition coefficient (Wildman–Crippen LogP) is 0.410. The van der Waals surface area contributed by atoms with E-state index in [2.05, 4.69) is 16.6 Å². The fourth-order valence-corrected chi connectivity index (χ4v) is 2.88. The van der Waals surface area contributed by atoms with Gasteiger partial charge in [0.1, 0.15) is 0 Å². The SMILES string of the molecule is C=C(Cl)CNS(=O)(=O)CC1CCCN1. The molecule has 82 valence electrons. The molecule has 0 aromatic rings. The molecule has 2 N–H and O–H groups in total. The quantitative estimate of drug-likeness (QED) is 0.730. The maximum atomic E-state index is 11.4. The third-order valence-electron chi connectivity index (χ3n) is 2.07. The second-order valence-corrected chi connectivity index (χ2v) is 5.80. The maximum Gasteiger partial charge on any atom is 0.213 e. The molecule has 1 aliphatic heterocycles. The Bertz CT molecular complexity index is 296. The molecule has 0 aromatic carbocycles. The van der Waals surface area contributed by atoms with E-state index in [1.54, 1.807) is 0 Å². The van der Waals surface area contributed by atoms with Crippen molar-refractivity contribution < 1.29 is 8.42 Å². The Kier molecular flexibility index (Phi) is 4.37. The molecule has 6 heteroatoms. The molecular formula is C8H15ClN2O2S. The zero-order chi connectivity index (χ0) is 10.6. The van der Waals surface area contributed by atoms with E-state index in [1.807, 2.05) is 0 Å². The highest BCUT2D eigenvalue weighted by molar-refractivity contribution is 7.89. The molecule has 14 heavy (non-hydrogen) atoms. The number of sulfonamides is 1. The van der Waals surface area contributed by atoms with Crippen molar-refractivity contribution in [2.45, 2.75) is 18.9 Å². The summed E-state index contributed by atoms with van der Waals surface area (Å²) in [5.41, 5.74) is 0. The van der Waals surface area contributed by atoms with Crippen molar-refractivity contribution in [1.82, 2.24) is 10.0 Å². The molecule has 1 aliphatic rings. The molecule has 0 aromatic heterocycles. The molecule has 0 saturated carbocycles. The molecule has 0 spiro atoms. The second kappa shape index (κ2) is 5.11. The van der Waals surface area contributed by atoms with Gasteiger partial charge in [-0.2, -0.15) is 0 Å². The minimum atomic E-state index is -3.22. The lowest BCUT2D eigenvalue weighted by atomic mass is 10.3. The van der Waals surface area contributed by atoms with Crippen LogP contribution in [0.5, 0.6) is 0 Å². The van der Waals surface area contributed by atoms with E-state index in [9.17, 15) is 8.42 Å². The minimum Gasteiger partial charge on any atom is -0.313 e. The van der Waals surface area contributed by atoms with Crippen molar-refractivity contribution in [3.63, 3.8) is 0 Å².